The van der Waals surface area contributed by atoms with E-state index in [9.17, 15) is 0 Å². The first-order valence-corrected chi connectivity index (χ1v) is 8.83. The minimum absolute atomic E-state index is 0.568. The third kappa shape index (κ3) is 2.57. The van der Waals surface area contributed by atoms with Crippen molar-refractivity contribution >= 4 is 17.6 Å². The summed E-state index contributed by atoms with van der Waals surface area (Å²) >= 11 is 1.60. The number of pyridine rings is 1. The highest BCUT2D eigenvalue weighted by Gasteiger charge is 2.43. The lowest BCUT2D eigenvalue weighted by Gasteiger charge is -2.34. The molecule has 2 fully saturated rings. The Labute approximate surface area is 134 Å². The molecule has 0 spiro atoms. The predicted octanol–water partition coefficient (Wildman–Crippen LogP) is 2.06. The van der Waals surface area contributed by atoms with Crippen LogP contribution in [0, 0.1) is 0 Å². The number of nitrogens with zero attached hydrogens (tertiary/aromatic N) is 5. The van der Waals surface area contributed by atoms with Gasteiger partial charge in [-0.1, -0.05) is 17.8 Å². The van der Waals surface area contributed by atoms with Crippen LogP contribution < -0.4 is 4.90 Å². The molecule has 2 atom stereocenters. The van der Waals surface area contributed by atoms with Gasteiger partial charge < -0.3 is 4.90 Å². The number of anilines is 1. The number of piperazine rings is 1. The van der Waals surface area contributed by atoms with E-state index in [4.69, 9.17) is 0 Å². The predicted molar refractivity (Wildman–Crippen MR) is 88.0 cm³/mol. The molecule has 2 bridgehead atoms. The Morgan fingerprint density at radius 1 is 1.14 bits per heavy atom. The van der Waals surface area contributed by atoms with Crippen LogP contribution in [0.25, 0.3) is 0 Å². The summed E-state index contributed by atoms with van der Waals surface area (Å²) < 4.78 is 0. The molecular formula is C16H19N5S. The molecule has 4 heterocycles. The fourth-order valence-electron chi connectivity index (χ4n) is 3.51. The minimum atomic E-state index is 0.568. The van der Waals surface area contributed by atoms with Gasteiger partial charge in [0.2, 0.25) is 0 Å². The first-order chi connectivity index (χ1) is 10.8. The maximum absolute atomic E-state index is 4.65. The van der Waals surface area contributed by atoms with Gasteiger partial charge in [-0.25, -0.2) is 9.97 Å². The molecule has 0 amide bonds. The Hall–Kier alpha value is -1.66. The monoisotopic (exact) mass is 313 g/mol. The Morgan fingerprint density at radius 3 is 2.82 bits per heavy atom. The summed E-state index contributed by atoms with van der Waals surface area (Å²) in [5, 5.41) is 0.852. The quantitative estimate of drug-likeness (QED) is 0.636. The van der Waals surface area contributed by atoms with Gasteiger partial charge in [-0.3, -0.25) is 9.88 Å². The lowest BCUT2D eigenvalue weighted by atomic mass is 10.2. The average Bonchev–Trinajstić information content (AvgIpc) is 3.16. The topological polar surface area (TPSA) is 45.2 Å². The molecule has 22 heavy (non-hydrogen) atoms. The van der Waals surface area contributed by atoms with Crippen molar-refractivity contribution in [3.8, 4) is 0 Å². The van der Waals surface area contributed by atoms with Crippen LogP contribution >= 0.6 is 11.8 Å². The van der Waals surface area contributed by atoms with Crippen molar-refractivity contribution in [1.29, 1.82) is 0 Å². The zero-order chi connectivity index (χ0) is 14.9. The van der Waals surface area contributed by atoms with Crippen LogP contribution in [0.5, 0.6) is 0 Å². The molecule has 0 radical (unpaired) electrons. The second-order valence-electron chi connectivity index (χ2n) is 5.85. The molecule has 0 aromatic carbocycles. The van der Waals surface area contributed by atoms with Crippen LogP contribution in [0.3, 0.4) is 0 Å². The van der Waals surface area contributed by atoms with Gasteiger partial charge in [0.05, 0.1) is 5.69 Å². The number of thioether (sulfide) groups is 1. The minimum Gasteiger partial charge on any atom is -0.351 e. The normalized spacial score (nSPS) is 24.1. The molecule has 2 aliphatic rings. The summed E-state index contributed by atoms with van der Waals surface area (Å²) in [7, 11) is 0. The highest BCUT2D eigenvalue weighted by atomic mass is 32.2. The van der Waals surface area contributed by atoms with Gasteiger partial charge in [-0.15, -0.1) is 0 Å². The summed E-state index contributed by atoms with van der Waals surface area (Å²) in [5.41, 5.74) is 1.16. The molecule has 0 saturated carbocycles. The molecule has 2 aromatic heterocycles. The van der Waals surface area contributed by atoms with Crippen LogP contribution in [0.4, 0.5) is 5.82 Å². The number of hydrogen-bond acceptors (Lipinski definition) is 6. The van der Waals surface area contributed by atoms with Gasteiger partial charge in [-0.05, 0) is 30.9 Å². The number of rotatable bonds is 4. The van der Waals surface area contributed by atoms with E-state index in [0.717, 1.165) is 36.3 Å². The van der Waals surface area contributed by atoms with Crippen molar-refractivity contribution in [3.63, 3.8) is 0 Å². The SMILES string of the molecule is CSc1nccc(N2CC3CC2CN3Cc2ccccn2)n1. The second kappa shape index (κ2) is 5.85. The first-order valence-electron chi connectivity index (χ1n) is 7.61. The lowest BCUT2D eigenvalue weighted by molar-refractivity contribution is 0.227. The highest BCUT2D eigenvalue weighted by Crippen LogP contribution is 2.34. The maximum Gasteiger partial charge on any atom is 0.189 e. The van der Waals surface area contributed by atoms with Gasteiger partial charge in [0, 0.05) is 44.1 Å². The molecule has 114 valence electrons. The van der Waals surface area contributed by atoms with Crippen LogP contribution in [0.15, 0.2) is 41.8 Å². The zero-order valence-corrected chi connectivity index (χ0v) is 13.4. The van der Waals surface area contributed by atoms with Crippen molar-refractivity contribution in [2.24, 2.45) is 0 Å². The van der Waals surface area contributed by atoms with Crippen molar-refractivity contribution in [3.05, 3.63) is 42.4 Å². The summed E-state index contributed by atoms with van der Waals surface area (Å²) in [5.74, 6) is 1.07. The second-order valence-corrected chi connectivity index (χ2v) is 6.62. The summed E-state index contributed by atoms with van der Waals surface area (Å²) in [6.07, 6.45) is 6.99. The number of hydrogen-bond donors (Lipinski definition) is 0. The van der Waals surface area contributed by atoms with Crippen LogP contribution in [-0.4, -0.2) is 51.3 Å². The smallest absolute Gasteiger partial charge is 0.189 e. The van der Waals surface area contributed by atoms with E-state index in [-0.39, 0.29) is 0 Å². The van der Waals surface area contributed by atoms with Crippen LogP contribution in [0.1, 0.15) is 12.1 Å². The van der Waals surface area contributed by atoms with E-state index >= 15 is 0 Å². The Kier molecular flexibility index (Phi) is 3.72. The van der Waals surface area contributed by atoms with E-state index in [0.29, 0.717) is 12.1 Å². The lowest BCUT2D eigenvalue weighted by Crippen LogP contribution is -2.46. The van der Waals surface area contributed by atoms with E-state index in [1.807, 2.05) is 30.8 Å². The fraction of sp³-hybridized carbons (Fsp3) is 0.438. The molecule has 2 aromatic rings. The Balaban J connectivity index is 1.45. The molecule has 4 rings (SSSR count). The molecule has 5 nitrogen and oxygen atoms in total. The summed E-state index contributed by atoms with van der Waals surface area (Å²) in [4.78, 5) is 18.4. The molecule has 2 aliphatic heterocycles. The summed E-state index contributed by atoms with van der Waals surface area (Å²) in [6.45, 7) is 3.11. The average molecular weight is 313 g/mol. The van der Waals surface area contributed by atoms with Gasteiger partial charge in [0.25, 0.3) is 0 Å². The number of aromatic nitrogens is 3. The molecule has 2 saturated heterocycles. The first kappa shape index (κ1) is 14.0. The number of likely N-dealkylation sites (tertiary alicyclic amines) is 1. The third-order valence-electron chi connectivity index (χ3n) is 4.54. The van der Waals surface area contributed by atoms with E-state index in [1.165, 1.54) is 6.42 Å². The van der Waals surface area contributed by atoms with E-state index in [2.05, 4.69) is 36.9 Å². The van der Waals surface area contributed by atoms with E-state index in [1.54, 1.807) is 11.8 Å². The standard InChI is InChI=1S/C16H19N5S/c1-22-16-18-7-5-15(19-16)21-11-13-8-14(21)10-20(13)9-12-4-2-3-6-17-12/h2-7,13-14H,8-11H2,1H3. The molecular weight excluding hydrogens is 294 g/mol. The maximum atomic E-state index is 4.65. The van der Waals surface area contributed by atoms with Crippen molar-refractivity contribution in [1.82, 2.24) is 19.9 Å². The Bertz CT molecular complexity index is 650. The number of fused-ring (bicyclic) bond motifs is 2. The van der Waals surface area contributed by atoms with Gasteiger partial charge >= 0.3 is 0 Å². The Morgan fingerprint density at radius 2 is 2.09 bits per heavy atom. The van der Waals surface area contributed by atoms with Gasteiger partial charge in [0.15, 0.2) is 5.16 Å². The summed E-state index contributed by atoms with van der Waals surface area (Å²) in [6, 6.07) is 9.36. The molecule has 6 heteroatoms. The van der Waals surface area contributed by atoms with Crippen molar-refractivity contribution < 1.29 is 0 Å². The van der Waals surface area contributed by atoms with Crippen LogP contribution in [-0.2, 0) is 6.54 Å². The largest absolute Gasteiger partial charge is 0.351 e. The van der Waals surface area contributed by atoms with Crippen LogP contribution in [0.2, 0.25) is 0 Å². The molecule has 0 aliphatic carbocycles. The fourth-order valence-corrected chi connectivity index (χ4v) is 3.86. The molecule has 0 N–H and O–H groups in total. The van der Waals surface area contributed by atoms with E-state index < -0.39 is 0 Å². The molecule has 2 unspecified atom stereocenters. The van der Waals surface area contributed by atoms with Gasteiger partial charge in [0.1, 0.15) is 5.82 Å². The highest BCUT2D eigenvalue weighted by molar-refractivity contribution is 7.98. The van der Waals surface area contributed by atoms with Crippen molar-refractivity contribution in [2.75, 3.05) is 24.2 Å². The third-order valence-corrected chi connectivity index (χ3v) is 5.10. The zero-order valence-electron chi connectivity index (χ0n) is 12.6. The van der Waals surface area contributed by atoms with Crippen molar-refractivity contribution in [2.45, 2.75) is 30.2 Å². The van der Waals surface area contributed by atoms with Gasteiger partial charge in [-0.2, -0.15) is 0 Å².